The van der Waals surface area contributed by atoms with Crippen molar-refractivity contribution >= 4 is 17.7 Å². The summed E-state index contributed by atoms with van der Waals surface area (Å²) in [6, 6.07) is 0. The lowest BCUT2D eigenvalue weighted by molar-refractivity contribution is -0.142. The standard InChI is InChI=1S/C20H35N3O3/c1-2-3-4-7-12-21-20(26)17-10-9-14-22(15-17)19(25)16-23-13-8-5-6-11-18(23)24/h17H,2-16H2,1H3,(H,21,26). The largest absolute Gasteiger partial charge is 0.356 e. The van der Waals surface area contributed by atoms with Crippen molar-refractivity contribution in [2.45, 2.75) is 71.1 Å². The molecule has 1 atom stereocenters. The zero-order valence-corrected chi connectivity index (χ0v) is 16.3. The highest BCUT2D eigenvalue weighted by atomic mass is 16.2. The van der Waals surface area contributed by atoms with E-state index in [1.807, 2.05) is 0 Å². The Morgan fingerprint density at radius 2 is 1.92 bits per heavy atom. The van der Waals surface area contributed by atoms with Crippen molar-refractivity contribution in [2.24, 2.45) is 5.92 Å². The third kappa shape index (κ3) is 6.61. The maximum absolute atomic E-state index is 12.6. The minimum absolute atomic E-state index is 0.0132. The Labute approximate surface area is 157 Å². The number of nitrogens with one attached hydrogen (secondary N) is 1. The molecule has 26 heavy (non-hydrogen) atoms. The third-order valence-electron chi connectivity index (χ3n) is 5.47. The van der Waals surface area contributed by atoms with Crippen LogP contribution in [0.15, 0.2) is 0 Å². The number of hydrogen-bond acceptors (Lipinski definition) is 3. The molecule has 0 aromatic heterocycles. The van der Waals surface area contributed by atoms with Gasteiger partial charge >= 0.3 is 0 Å². The predicted octanol–water partition coefficient (Wildman–Crippen LogP) is 2.32. The number of rotatable bonds is 8. The molecular weight excluding hydrogens is 330 g/mol. The molecule has 2 rings (SSSR count). The summed E-state index contributed by atoms with van der Waals surface area (Å²) in [6.45, 7) is 4.93. The maximum atomic E-state index is 12.6. The van der Waals surface area contributed by atoms with Crippen LogP contribution in [0.2, 0.25) is 0 Å². The smallest absolute Gasteiger partial charge is 0.242 e. The lowest BCUT2D eigenvalue weighted by Crippen LogP contribution is -2.49. The summed E-state index contributed by atoms with van der Waals surface area (Å²) in [5.41, 5.74) is 0. The molecule has 2 aliphatic heterocycles. The summed E-state index contributed by atoms with van der Waals surface area (Å²) in [5, 5.41) is 3.03. The Hall–Kier alpha value is -1.59. The minimum atomic E-state index is -0.112. The van der Waals surface area contributed by atoms with Crippen LogP contribution in [-0.4, -0.2) is 60.2 Å². The van der Waals surface area contributed by atoms with Gasteiger partial charge in [0, 0.05) is 32.6 Å². The van der Waals surface area contributed by atoms with Gasteiger partial charge in [0.1, 0.15) is 0 Å². The van der Waals surface area contributed by atoms with Crippen LogP contribution in [0.4, 0.5) is 0 Å². The average molecular weight is 366 g/mol. The molecular formula is C20H35N3O3. The molecule has 1 unspecified atom stereocenters. The molecule has 2 aliphatic rings. The van der Waals surface area contributed by atoms with Crippen LogP contribution in [0, 0.1) is 5.92 Å². The number of carbonyl (C=O) groups is 3. The molecule has 0 bridgehead atoms. The van der Waals surface area contributed by atoms with E-state index in [4.69, 9.17) is 0 Å². The quantitative estimate of drug-likeness (QED) is 0.671. The number of nitrogens with zero attached hydrogens (tertiary/aromatic N) is 2. The predicted molar refractivity (Wildman–Crippen MR) is 102 cm³/mol. The Morgan fingerprint density at radius 1 is 1.08 bits per heavy atom. The normalized spacial score (nSPS) is 21.4. The van der Waals surface area contributed by atoms with Gasteiger partial charge < -0.3 is 15.1 Å². The first-order chi connectivity index (χ1) is 12.6. The first-order valence-electron chi connectivity index (χ1n) is 10.4. The first kappa shape index (κ1) is 20.7. The molecule has 3 amide bonds. The van der Waals surface area contributed by atoms with Gasteiger partial charge in [0.2, 0.25) is 17.7 Å². The van der Waals surface area contributed by atoms with Gasteiger partial charge in [-0.1, -0.05) is 32.6 Å². The molecule has 0 aromatic carbocycles. The second-order valence-electron chi connectivity index (χ2n) is 7.66. The topological polar surface area (TPSA) is 69.7 Å². The lowest BCUT2D eigenvalue weighted by Gasteiger charge is -2.33. The summed E-state index contributed by atoms with van der Waals surface area (Å²) >= 11 is 0. The van der Waals surface area contributed by atoms with Gasteiger partial charge in [-0.25, -0.2) is 0 Å². The van der Waals surface area contributed by atoms with E-state index in [1.54, 1.807) is 9.80 Å². The molecule has 0 saturated carbocycles. The molecule has 1 N–H and O–H groups in total. The van der Waals surface area contributed by atoms with Crippen molar-refractivity contribution in [1.82, 2.24) is 15.1 Å². The average Bonchev–Trinajstić information content (AvgIpc) is 2.86. The molecule has 0 aromatic rings. The number of unbranched alkanes of at least 4 members (excludes halogenated alkanes) is 3. The summed E-state index contributed by atoms with van der Waals surface area (Å²) in [5.74, 6) is 0.0403. The molecule has 148 valence electrons. The van der Waals surface area contributed by atoms with E-state index in [1.165, 1.54) is 12.8 Å². The molecule has 6 nitrogen and oxygen atoms in total. The van der Waals surface area contributed by atoms with Gasteiger partial charge in [0.15, 0.2) is 0 Å². The Morgan fingerprint density at radius 3 is 2.73 bits per heavy atom. The van der Waals surface area contributed by atoms with Gasteiger partial charge in [0.05, 0.1) is 12.5 Å². The van der Waals surface area contributed by atoms with Crippen LogP contribution >= 0.6 is 0 Å². The zero-order chi connectivity index (χ0) is 18.8. The van der Waals surface area contributed by atoms with Crippen molar-refractivity contribution in [3.05, 3.63) is 0 Å². The highest BCUT2D eigenvalue weighted by Crippen LogP contribution is 2.18. The van der Waals surface area contributed by atoms with Crippen LogP contribution in [0.3, 0.4) is 0 Å². The minimum Gasteiger partial charge on any atom is -0.356 e. The van der Waals surface area contributed by atoms with E-state index in [2.05, 4.69) is 12.2 Å². The summed E-state index contributed by atoms with van der Waals surface area (Å²) < 4.78 is 0. The van der Waals surface area contributed by atoms with Crippen molar-refractivity contribution in [1.29, 1.82) is 0 Å². The van der Waals surface area contributed by atoms with Crippen LogP contribution < -0.4 is 5.32 Å². The van der Waals surface area contributed by atoms with Gasteiger partial charge in [-0.3, -0.25) is 14.4 Å². The number of hydrogen-bond donors (Lipinski definition) is 1. The molecule has 0 spiro atoms. The first-order valence-corrected chi connectivity index (χ1v) is 10.4. The Balaban J connectivity index is 1.76. The second kappa shape index (κ2) is 11.2. The van der Waals surface area contributed by atoms with Gasteiger partial charge in [-0.2, -0.15) is 0 Å². The monoisotopic (exact) mass is 365 g/mol. The summed E-state index contributed by atoms with van der Waals surface area (Å²) in [6.07, 6.45) is 9.76. The van der Waals surface area contributed by atoms with Crippen LogP contribution in [-0.2, 0) is 14.4 Å². The van der Waals surface area contributed by atoms with E-state index < -0.39 is 0 Å². The molecule has 2 heterocycles. The van der Waals surface area contributed by atoms with E-state index in [-0.39, 0.29) is 30.2 Å². The van der Waals surface area contributed by atoms with Crippen molar-refractivity contribution < 1.29 is 14.4 Å². The SMILES string of the molecule is CCCCCCNC(=O)C1CCCN(C(=O)CN2CCCCCC2=O)C1. The highest BCUT2D eigenvalue weighted by Gasteiger charge is 2.29. The van der Waals surface area contributed by atoms with Crippen LogP contribution in [0.1, 0.15) is 71.1 Å². The number of likely N-dealkylation sites (tertiary alicyclic amines) is 2. The second-order valence-corrected chi connectivity index (χ2v) is 7.66. The van der Waals surface area contributed by atoms with E-state index in [0.29, 0.717) is 26.1 Å². The van der Waals surface area contributed by atoms with Crippen molar-refractivity contribution in [3.63, 3.8) is 0 Å². The maximum Gasteiger partial charge on any atom is 0.242 e. The highest BCUT2D eigenvalue weighted by molar-refractivity contribution is 5.86. The van der Waals surface area contributed by atoms with Gasteiger partial charge in [0.25, 0.3) is 0 Å². The van der Waals surface area contributed by atoms with E-state index in [0.717, 1.165) is 51.5 Å². The van der Waals surface area contributed by atoms with E-state index >= 15 is 0 Å². The van der Waals surface area contributed by atoms with Crippen molar-refractivity contribution in [2.75, 3.05) is 32.7 Å². The van der Waals surface area contributed by atoms with Gasteiger partial charge in [-0.05, 0) is 32.1 Å². The number of piperidine rings is 1. The van der Waals surface area contributed by atoms with Crippen molar-refractivity contribution in [3.8, 4) is 0 Å². The fourth-order valence-corrected chi connectivity index (χ4v) is 3.79. The van der Waals surface area contributed by atoms with Crippen LogP contribution in [0.5, 0.6) is 0 Å². The number of amides is 3. The third-order valence-corrected chi connectivity index (χ3v) is 5.47. The van der Waals surface area contributed by atoms with Gasteiger partial charge in [-0.15, -0.1) is 0 Å². The number of carbonyl (C=O) groups excluding carboxylic acids is 3. The Kier molecular flexibility index (Phi) is 8.92. The Bertz CT molecular complexity index is 481. The fraction of sp³-hybridized carbons (Fsp3) is 0.850. The summed E-state index contributed by atoms with van der Waals surface area (Å²) in [4.78, 5) is 40.6. The molecule has 0 radical (unpaired) electrons. The molecule has 2 fully saturated rings. The molecule has 0 aliphatic carbocycles. The summed E-state index contributed by atoms with van der Waals surface area (Å²) in [7, 11) is 0. The van der Waals surface area contributed by atoms with E-state index in [9.17, 15) is 14.4 Å². The fourth-order valence-electron chi connectivity index (χ4n) is 3.79. The zero-order valence-electron chi connectivity index (χ0n) is 16.3. The molecule has 2 saturated heterocycles. The molecule has 6 heteroatoms. The van der Waals surface area contributed by atoms with Crippen LogP contribution in [0.25, 0.3) is 0 Å². The lowest BCUT2D eigenvalue weighted by atomic mass is 9.97.